The number of hydrogen-bond acceptors (Lipinski definition) is 4. The van der Waals surface area contributed by atoms with Gasteiger partial charge in [-0.1, -0.05) is 0 Å². The van der Waals surface area contributed by atoms with E-state index in [2.05, 4.69) is 12.2 Å². The van der Waals surface area contributed by atoms with Crippen LogP contribution in [0.3, 0.4) is 0 Å². The van der Waals surface area contributed by atoms with Crippen molar-refractivity contribution < 1.29 is 14.2 Å². The number of likely N-dealkylation sites (N-methyl/N-ethyl adjacent to an activating group) is 1. The number of hydrogen-bond donors (Lipinski definition) is 1. The molecule has 0 fully saturated rings. The molecule has 0 aliphatic heterocycles. The molecular weight excluding hydrogens is 218 g/mol. The molecule has 0 bridgehead atoms. The average molecular weight is 239 g/mol. The lowest BCUT2D eigenvalue weighted by Crippen LogP contribution is -2.23. The van der Waals surface area contributed by atoms with E-state index in [9.17, 15) is 0 Å². The summed E-state index contributed by atoms with van der Waals surface area (Å²) in [6.45, 7) is 2.12. The fourth-order valence-corrected chi connectivity index (χ4v) is 1.68. The van der Waals surface area contributed by atoms with Crippen molar-refractivity contribution in [1.82, 2.24) is 5.32 Å². The highest BCUT2D eigenvalue weighted by molar-refractivity contribution is 5.50. The van der Waals surface area contributed by atoms with Crippen molar-refractivity contribution in [2.45, 2.75) is 19.4 Å². The van der Waals surface area contributed by atoms with Crippen molar-refractivity contribution in [3.05, 3.63) is 17.7 Å². The van der Waals surface area contributed by atoms with E-state index in [0.29, 0.717) is 11.8 Å². The molecule has 4 nitrogen and oxygen atoms in total. The smallest absolute Gasteiger partial charge is 0.164 e. The summed E-state index contributed by atoms with van der Waals surface area (Å²) in [6.07, 6.45) is 0.875. The second-order valence-corrected chi connectivity index (χ2v) is 3.91. The van der Waals surface area contributed by atoms with Gasteiger partial charge in [-0.2, -0.15) is 0 Å². The monoisotopic (exact) mass is 239 g/mol. The van der Waals surface area contributed by atoms with E-state index >= 15 is 0 Å². The van der Waals surface area contributed by atoms with Crippen LogP contribution >= 0.6 is 0 Å². The van der Waals surface area contributed by atoms with Gasteiger partial charge < -0.3 is 19.5 Å². The average Bonchev–Trinajstić information content (AvgIpc) is 2.37. The maximum Gasteiger partial charge on any atom is 0.164 e. The van der Waals surface area contributed by atoms with Gasteiger partial charge in [0.15, 0.2) is 11.5 Å². The zero-order chi connectivity index (χ0) is 12.8. The number of rotatable bonds is 6. The van der Waals surface area contributed by atoms with Gasteiger partial charge in [-0.3, -0.25) is 0 Å². The minimum absolute atomic E-state index is 0.377. The molecule has 96 valence electrons. The Hall–Kier alpha value is -1.42. The summed E-state index contributed by atoms with van der Waals surface area (Å²) in [5.41, 5.74) is 1.10. The summed E-state index contributed by atoms with van der Waals surface area (Å²) < 4.78 is 15.9. The minimum atomic E-state index is 0.377. The fourth-order valence-electron chi connectivity index (χ4n) is 1.68. The second kappa shape index (κ2) is 6.35. The van der Waals surface area contributed by atoms with Crippen molar-refractivity contribution in [3.63, 3.8) is 0 Å². The van der Waals surface area contributed by atoms with Gasteiger partial charge >= 0.3 is 0 Å². The Kier molecular flexibility index (Phi) is 5.10. The van der Waals surface area contributed by atoms with E-state index in [1.807, 2.05) is 19.2 Å². The SMILES string of the molecule is CNC(C)Cc1cc(OC)c(OC)cc1OC. The Balaban J connectivity index is 3.09. The lowest BCUT2D eigenvalue weighted by atomic mass is 10.1. The van der Waals surface area contributed by atoms with Crippen LogP contribution in [0.4, 0.5) is 0 Å². The first-order valence-corrected chi connectivity index (χ1v) is 5.62. The Morgan fingerprint density at radius 3 is 2.00 bits per heavy atom. The molecule has 1 aromatic rings. The normalized spacial score (nSPS) is 12.1. The van der Waals surface area contributed by atoms with Crippen molar-refractivity contribution >= 4 is 0 Å². The summed E-state index contributed by atoms with van der Waals surface area (Å²) in [4.78, 5) is 0. The van der Waals surface area contributed by atoms with E-state index in [-0.39, 0.29) is 0 Å². The summed E-state index contributed by atoms with van der Waals surface area (Å²) >= 11 is 0. The quantitative estimate of drug-likeness (QED) is 0.822. The summed E-state index contributed by atoms with van der Waals surface area (Å²) in [7, 11) is 6.86. The van der Waals surface area contributed by atoms with Gasteiger partial charge in [0, 0.05) is 12.1 Å². The van der Waals surface area contributed by atoms with Crippen molar-refractivity contribution in [2.75, 3.05) is 28.4 Å². The Labute approximate surface area is 103 Å². The lowest BCUT2D eigenvalue weighted by molar-refractivity contribution is 0.347. The van der Waals surface area contributed by atoms with Crippen LogP contribution in [0.1, 0.15) is 12.5 Å². The highest BCUT2D eigenvalue weighted by atomic mass is 16.5. The van der Waals surface area contributed by atoms with E-state index < -0.39 is 0 Å². The topological polar surface area (TPSA) is 39.7 Å². The maximum atomic E-state index is 5.37. The number of nitrogens with one attached hydrogen (secondary N) is 1. The van der Waals surface area contributed by atoms with Gasteiger partial charge in [-0.15, -0.1) is 0 Å². The van der Waals surface area contributed by atoms with Crippen molar-refractivity contribution in [2.24, 2.45) is 0 Å². The molecule has 0 aliphatic carbocycles. The Morgan fingerprint density at radius 1 is 1.00 bits per heavy atom. The molecule has 17 heavy (non-hydrogen) atoms. The molecular formula is C13H21NO3. The van der Waals surface area contributed by atoms with Crippen molar-refractivity contribution in [3.8, 4) is 17.2 Å². The third-order valence-corrected chi connectivity index (χ3v) is 2.81. The van der Waals surface area contributed by atoms with Crippen LogP contribution in [0.25, 0.3) is 0 Å². The van der Waals surface area contributed by atoms with Crippen molar-refractivity contribution in [1.29, 1.82) is 0 Å². The Morgan fingerprint density at radius 2 is 1.53 bits per heavy atom. The largest absolute Gasteiger partial charge is 0.496 e. The molecule has 4 heteroatoms. The van der Waals surface area contributed by atoms with Gasteiger partial charge in [-0.05, 0) is 32.0 Å². The highest BCUT2D eigenvalue weighted by Gasteiger charge is 2.13. The van der Waals surface area contributed by atoms with E-state index in [1.165, 1.54) is 0 Å². The van der Waals surface area contributed by atoms with Crippen LogP contribution in [0.2, 0.25) is 0 Å². The zero-order valence-electron chi connectivity index (χ0n) is 11.2. The molecule has 0 saturated carbocycles. The first-order chi connectivity index (χ1) is 8.15. The molecule has 1 atom stereocenters. The second-order valence-electron chi connectivity index (χ2n) is 3.91. The first kappa shape index (κ1) is 13.6. The van der Waals surface area contributed by atoms with Crippen LogP contribution in [0, 0.1) is 0 Å². The van der Waals surface area contributed by atoms with E-state index in [4.69, 9.17) is 14.2 Å². The van der Waals surface area contributed by atoms with Gasteiger partial charge in [0.25, 0.3) is 0 Å². The third-order valence-electron chi connectivity index (χ3n) is 2.81. The fraction of sp³-hybridized carbons (Fsp3) is 0.538. The van der Waals surface area contributed by atoms with Gasteiger partial charge in [-0.25, -0.2) is 0 Å². The standard InChI is InChI=1S/C13H21NO3/c1-9(14-2)6-10-7-12(16-4)13(17-5)8-11(10)15-3/h7-9,14H,6H2,1-5H3. The highest BCUT2D eigenvalue weighted by Crippen LogP contribution is 2.35. The predicted octanol–water partition coefficient (Wildman–Crippen LogP) is 1.86. The van der Waals surface area contributed by atoms with Crippen LogP contribution in [-0.2, 0) is 6.42 Å². The number of methoxy groups -OCH3 is 3. The molecule has 1 rings (SSSR count). The molecule has 0 aliphatic rings. The molecule has 1 aromatic carbocycles. The molecule has 1 unspecified atom stereocenters. The number of ether oxygens (including phenoxy) is 3. The number of benzene rings is 1. The van der Waals surface area contributed by atoms with Gasteiger partial charge in [0.1, 0.15) is 5.75 Å². The van der Waals surface area contributed by atoms with E-state index in [0.717, 1.165) is 23.5 Å². The maximum absolute atomic E-state index is 5.37. The molecule has 0 saturated heterocycles. The minimum Gasteiger partial charge on any atom is -0.496 e. The van der Waals surface area contributed by atoms with Crippen LogP contribution in [0.5, 0.6) is 17.2 Å². The molecule has 0 spiro atoms. The summed E-state index contributed by atoms with van der Waals surface area (Å²) in [6, 6.07) is 4.20. The van der Waals surface area contributed by atoms with Crippen LogP contribution < -0.4 is 19.5 Å². The van der Waals surface area contributed by atoms with Crippen LogP contribution in [0.15, 0.2) is 12.1 Å². The summed E-state index contributed by atoms with van der Waals surface area (Å²) in [5.74, 6) is 2.24. The molecule has 0 heterocycles. The van der Waals surface area contributed by atoms with E-state index in [1.54, 1.807) is 21.3 Å². The van der Waals surface area contributed by atoms with Gasteiger partial charge in [0.2, 0.25) is 0 Å². The van der Waals surface area contributed by atoms with Gasteiger partial charge in [0.05, 0.1) is 21.3 Å². The molecule has 0 amide bonds. The Bertz CT molecular complexity index is 366. The predicted molar refractivity (Wildman–Crippen MR) is 68.3 cm³/mol. The first-order valence-electron chi connectivity index (χ1n) is 5.62. The summed E-state index contributed by atoms with van der Waals surface area (Å²) in [5, 5.41) is 3.20. The zero-order valence-corrected chi connectivity index (χ0v) is 11.2. The molecule has 1 N–H and O–H groups in total. The third kappa shape index (κ3) is 3.27. The molecule has 0 radical (unpaired) electrons. The van der Waals surface area contributed by atoms with Crippen LogP contribution in [-0.4, -0.2) is 34.4 Å². The molecule has 0 aromatic heterocycles. The lowest BCUT2D eigenvalue weighted by Gasteiger charge is -2.16.